The van der Waals surface area contributed by atoms with Gasteiger partial charge in [0.15, 0.2) is 0 Å². The highest BCUT2D eigenvalue weighted by atomic mass is 16.2. The average Bonchev–Trinajstić information content (AvgIpc) is 2.79. The lowest BCUT2D eigenvalue weighted by molar-refractivity contribution is -0.116. The van der Waals surface area contributed by atoms with Crippen LogP contribution < -0.4 is 16.0 Å². The van der Waals surface area contributed by atoms with Gasteiger partial charge in [0.2, 0.25) is 5.91 Å². The van der Waals surface area contributed by atoms with Crippen molar-refractivity contribution in [3.05, 3.63) is 102 Å². The van der Waals surface area contributed by atoms with E-state index in [9.17, 15) is 14.4 Å². The van der Waals surface area contributed by atoms with Crippen LogP contribution in [-0.4, -0.2) is 23.3 Å². The van der Waals surface area contributed by atoms with Crippen molar-refractivity contribution in [2.75, 3.05) is 5.32 Å². The Morgan fingerprint density at radius 3 is 1.97 bits per heavy atom. The minimum atomic E-state index is -0.533. The number of hydrogen-bond donors (Lipinski definition) is 3. The van der Waals surface area contributed by atoms with Gasteiger partial charge < -0.3 is 16.0 Å². The monoisotopic (exact) mass is 443 g/mol. The van der Waals surface area contributed by atoms with Crippen LogP contribution in [0.25, 0.3) is 0 Å². The van der Waals surface area contributed by atoms with E-state index >= 15 is 0 Å². The lowest BCUT2D eigenvalue weighted by Gasteiger charge is -2.22. The molecule has 6 nitrogen and oxygen atoms in total. The van der Waals surface area contributed by atoms with Gasteiger partial charge >= 0.3 is 0 Å². The molecule has 0 aliphatic carbocycles. The molecule has 1 unspecified atom stereocenters. The predicted molar refractivity (Wildman–Crippen MR) is 130 cm³/mol. The zero-order valence-corrected chi connectivity index (χ0v) is 19.1. The summed E-state index contributed by atoms with van der Waals surface area (Å²) in [5.74, 6) is -0.842. The van der Waals surface area contributed by atoms with Crippen LogP contribution in [0.5, 0.6) is 0 Å². The van der Waals surface area contributed by atoms with E-state index in [0.717, 1.165) is 5.56 Å². The fourth-order valence-electron chi connectivity index (χ4n) is 3.35. The van der Waals surface area contributed by atoms with E-state index in [1.807, 2.05) is 57.2 Å². The summed E-state index contributed by atoms with van der Waals surface area (Å²) in [5, 5.41) is 8.71. The van der Waals surface area contributed by atoms with Crippen molar-refractivity contribution in [1.29, 1.82) is 0 Å². The third-order valence-corrected chi connectivity index (χ3v) is 4.87. The van der Waals surface area contributed by atoms with Crippen LogP contribution in [0, 0.1) is 0 Å². The van der Waals surface area contributed by atoms with Gasteiger partial charge in [-0.15, -0.1) is 0 Å². The molecular weight excluding hydrogens is 414 g/mol. The number of rotatable bonds is 7. The van der Waals surface area contributed by atoms with Crippen molar-refractivity contribution in [1.82, 2.24) is 10.6 Å². The zero-order chi connectivity index (χ0) is 23.8. The standard InChI is InChI=1S/C27H29N3O3/c1-27(2,3)30-26(33)21-16-10-11-17-22(21)28-24(31)18-23(19-12-6-4-7-13-19)29-25(32)20-14-8-5-9-15-20/h4-17,23H,18H2,1-3H3,(H,28,31)(H,29,32)(H,30,33). The van der Waals surface area contributed by atoms with Gasteiger partial charge in [0, 0.05) is 11.1 Å². The highest BCUT2D eigenvalue weighted by Gasteiger charge is 2.22. The van der Waals surface area contributed by atoms with Gasteiger partial charge in [0.25, 0.3) is 11.8 Å². The Bertz CT molecular complexity index is 1110. The molecule has 0 bridgehead atoms. The van der Waals surface area contributed by atoms with Crippen molar-refractivity contribution in [2.24, 2.45) is 0 Å². The lowest BCUT2D eigenvalue weighted by atomic mass is 10.0. The number of hydrogen-bond acceptors (Lipinski definition) is 3. The van der Waals surface area contributed by atoms with E-state index in [4.69, 9.17) is 0 Å². The number of nitrogens with one attached hydrogen (secondary N) is 3. The maximum Gasteiger partial charge on any atom is 0.253 e. The molecule has 6 heteroatoms. The molecule has 0 aliphatic rings. The zero-order valence-electron chi connectivity index (χ0n) is 19.1. The molecule has 0 spiro atoms. The summed E-state index contributed by atoms with van der Waals surface area (Å²) < 4.78 is 0. The summed E-state index contributed by atoms with van der Waals surface area (Å²) in [6, 6.07) is 24.5. The van der Waals surface area contributed by atoms with Crippen LogP contribution >= 0.6 is 0 Å². The molecule has 0 aliphatic heterocycles. The highest BCUT2D eigenvalue weighted by Crippen LogP contribution is 2.21. The molecule has 0 saturated carbocycles. The van der Waals surface area contributed by atoms with Crippen LogP contribution in [-0.2, 0) is 4.79 Å². The summed E-state index contributed by atoms with van der Waals surface area (Å²) in [5.41, 5.74) is 1.73. The normalized spacial score (nSPS) is 11.8. The summed E-state index contributed by atoms with van der Waals surface area (Å²) in [7, 11) is 0. The van der Waals surface area contributed by atoms with Crippen LogP contribution in [0.2, 0.25) is 0 Å². The molecule has 0 radical (unpaired) electrons. The van der Waals surface area contributed by atoms with Gasteiger partial charge in [-0.1, -0.05) is 60.7 Å². The van der Waals surface area contributed by atoms with Crippen molar-refractivity contribution >= 4 is 23.4 Å². The third-order valence-electron chi connectivity index (χ3n) is 4.87. The van der Waals surface area contributed by atoms with E-state index in [1.165, 1.54) is 0 Å². The van der Waals surface area contributed by atoms with E-state index in [-0.39, 0.29) is 24.1 Å². The fraction of sp³-hybridized carbons (Fsp3) is 0.222. The topological polar surface area (TPSA) is 87.3 Å². The minimum Gasteiger partial charge on any atom is -0.347 e. The highest BCUT2D eigenvalue weighted by molar-refractivity contribution is 6.04. The Morgan fingerprint density at radius 1 is 0.758 bits per heavy atom. The van der Waals surface area contributed by atoms with Gasteiger partial charge in [-0.25, -0.2) is 0 Å². The van der Waals surface area contributed by atoms with Crippen molar-refractivity contribution in [3.63, 3.8) is 0 Å². The number of carbonyl (C=O) groups excluding carboxylic acids is 3. The molecule has 0 aromatic heterocycles. The number of anilines is 1. The first kappa shape index (κ1) is 23.7. The van der Waals surface area contributed by atoms with Gasteiger partial charge in [-0.05, 0) is 50.6 Å². The summed E-state index contributed by atoms with van der Waals surface area (Å²) in [6.45, 7) is 5.68. The number of para-hydroxylation sites is 1. The Labute approximate surface area is 194 Å². The molecule has 0 saturated heterocycles. The Balaban J connectivity index is 1.77. The van der Waals surface area contributed by atoms with Crippen molar-refractivity contribution in [2.45, 2.75) is 38.8 Å². The Hall–Kier alpha value is -3.93. The number of benzene rings is 3. The first-order valence-corrected chi connectivity index (χ1v) is 10.9. The van der Waals surface area contributed by atoms with E-state index in [1.54, 1.807) is 48.5 Å². The van der Waals surface area contributed by atoms with E-state index in [2.05, 4.69) is 16.0 Å². The van der Waals surface area contributed by atoms with Crippen LogP contribution in [0.15, 0.2) is 84.9 Å². The SMILES string of the molecule is CC(C)(C)NC(=O)c1ccccc1NC(=O)CC(NC(=O)c1ccccc1)c1ccccc1. The Kier molecular flexibility index (Phi) is 7.61. The van der Waals surface area contributed by atoms with Crippen LogP contribution in [0.4, 0.5) is 5.69 Å². The first-order chi connectivity index (χ1) is 15.7. The lowest BCUT2D eigenvalue weighted by Crippen LogP contribution is -2.41. The summed E-state index contributed by atoms with van der Waals surface area (Å²) in [6.07, 6.45) is 0.0117. The molecule has 170 valence electrons. The van der Waals surface area contributed by atoms with Gasteiger partial charge in [0.1, 0.15) is 0 Å². The second-order valence-electron chi connectivity index (χ2n) is 8.80. The molecule has 3 rings (SSSR count). The van der Waals surface area contributed by atoms with E-state index in [0.29, 0.717) is 16.8 Å². The molecule has 1 atom stereocenters. The summed E-state index contributed by atoms with van der Waals surface area (Å²) in [4.78, 5) is 38.4. The molecule has 0 fully saturated rings. The van der Waals surface area contributed by atoms with Crippen molar-refractivity contribution in [3.8, 4) is 0 Å². The largest absolute Gasteiger partial charge is 0.347 e. The van der Waals surface area contributed by atoms with Gasteiger partial charge in [0.05, 0.1) is 23.7 Å². The smallest absolute Gasteiger partial charge is 0.253 e. The second-order valence-corrected chi connectivity index (χ2v) is 8.80. The maximum absolute atomic E-state index is 13.0. The number of amides is 3. The molecule has 3 amide bonds. The van der Waals surface area contributed by atoms with Crippen molar-refractivity contribution < 1.29 is 14.4 Å². The quantitative estimate of drug-likeness (QED) is 0.494. The van der Waals surface area contributed by atoms with Gasteiger partial charge in [-0.3, -0.25) is 14.4 Å². The van der Waals surface area contributed by atoms with Crippen LogP contribution in [0.1, 0.15) is 59.5 Å². The van der Waals surface area contributed by atoms with Crippen LogP contribution in [0.3, 0.4) is 0 Å². The average molecular weight is 444 g/mol. The third kappa shape index (κ3) is 7.04. The molecular formula is C27H29N3O3. The molecule has 33 heavy (non-hydrogen) atoms. The number of carbonyl (C=O) groups is 3. The predicted octanol–water partition coefficient (Wildman–Crippen LogP) is 4.71. The first-order valence-electron chi connectivity index (χ1n) is 10.9. The second kappa shape index (κ2) is 10.6. The minimum absolute atomic E-state index is 0.0117. The molecule has 3 N–H and O–H groups in total. The summed E-state index contributed by atoms with van der Waals surface area (Å²) >= 11 is 0. The molecule has 3 aromatic rings. The fourth-order valence-corrected chi connectivity index (χ4v) is 3.35. The maximum atomic E-state index is 13.0. The molecule has 0 heterocycles. The van der Waals surface area contributed by atoms with Gasteiger partial charge in [-0.2, -0.15) is 0 Å². The van der Waals surface area contributed by atoms with E-state index < -0.39 is 11.6 Å². The Morgan fingerprint density at radius 2 is 1.33 bits per heavy atom. The molecule has 3 aromatic carbocycles.